The highest BCUT2D eigenvalue weighted by Crippen LogP contribution is 2.29. The minimum Gasteiger partial charge on any atom is -0.305 e. The van der Waals surface area contributed by atoms with Crippen LogP contribution in [0.3, 0.4) is 0 Å². The van der Waals surface area contributed by atoms with Crippen molar-refractivity contribution >= 4 is 34.3 Å². The highest BCUT2D eigenvalue weighted by Gasteiger charge is 2.18. The Morgan fingerprint density at radius 2 is 2.27 bits per heavy atom. The van der Waals surface area contributed by atoms with Gasteiger partial charge in [-0.1, -0.05) is 11.6 Å². The van der Waals surface area contributed by atoms with Crippen molar-refractivity contribution in [2.24, 2.45) is 0 Å². The van der Waals surface area contributed by atoms with Crippen LogP contribution in [0, 0.1) is 6.92 Å². The highest BCUT2D eigenvalue weighted by atomic mass is 35.5. The molecule has 6 heteroatoms. The Kier molecular flexibility index (Phi) is 3.35. The molecule has 0 aromatic carbocycles. The van der Waals surface area contributed by atoms with Crippen LogP contribution in [0.25, 0.3) is 0 Å². The predicted octanol–water partition coefficient (Wildman–Crippen LogP) is 2.87. The normalized spacial score (nSPS) is 13.0. The molecule has 1 unspecified atom stereocenters. The largest absolute Gasteiger partial charge is 0.305 e. The first-order valence-corrected chi connectivity index (χ1v) is 6.48. The number of hydrogen-bond acceptors (Lipinski definition) is 5. The molecule has 0 spiro atoms. The van der Waals surface area contributed by atoms with Crippen LogP contribution in [0.1, 0.15) is 21.8 Å². The van der Waals surface area contributed by atoms with Gasteiger partial charge in [0.05, 0.1) is 6.20 Å². The average Bonchev–Trinajstić information content (AvgIpc) is 2.78. The minimum atomic E-state index is 0.0567. The van der Waals surface area contributed by atoms with E-state index in [0.717, 1.165) is 15.7 Å². The van der Waals surface area contributed by atoms with Crippen molar-refractivity contribution in [3.8, 4) is 0 Å². The van der Waals surface area contributed by atoms with Gasteiger partial charge in [0.15, 0.2) is 0 Å². The van der Waals surface area contributed by atoms with Gasteiger partial charge < -0.3 is 5.32 Å². The minimum absolute atomic E-state index is 0.0567. The Morgan fingerprint density at radius 3 is 2.73 bits per heavy atom. The summed E-state index contributed by atoms with van der Waals surface area (Å²) < 4.78 is 0.707. The molecule has 0 saturated heterocycles. The van der Waals surface area contributed by atoms with Crippen LogP contribution in [-0.2, 0) is 0 Å². The summed E-state index contributed by atoms with van der Waals surface area (Å²) >= 11 is 8.98. The monoisotopic (exact) mass is 259 g/mol. The molecule has 2 aromatic rings. The molecule has 0 radical (unpaired) electrons. The van der Waals surface area contributed by atoms with Crippen molar-refractivity contribution in [3.05, 3.63) is 31.6 Å². The van der Waals surface area contributed by atoms with E-state index in [0.29, 0.717) is 4.34 Å². The molecule has 0 aliphatic carbocycles. The summed E-state index contributed by atoms with van der Waals surface area (Å²) in [5, 5.41) is 7.22. The molecule has 2 rings (SSSR count). The third-order valence-electron chi connectivity index (χ3n) is 1.91. The van der Waals surface area contributed by atoms with Crippen molar-refractivity contribution < 1.29 is 0 Å². The van der Waals surface area contributed by atoms with E-state index in [2.05, 4.69) is 15.3 Å². The fraction of sp³-hybridized carbons (Fsp3) is 0.333. The third kappa shape index (κ3) is 2.36. The number of halogens is 1. The number of hydrogen-bond donors (Lipinski definition) is 1. The number of aryl methyl sites for hydroxylation is 1. The van der Waals surface area contributed by atoms with Gasteiger partial charge in [-0.15, -0.1) is 22.7 Å². The lowest BCUT2D eigenvalue weighted by Gasteiger charge is -2.09. The van der Waals surface area contributed by atoms with Gasteiger partial charge in [-0.3, -0.25) is 0 Å². The first-order valence-electron chi connectivity index (χ1n) is 4.41. The Bertz CT molecular complexity index is 411. The first-order chi connectivity index (χ1) is 7.20. The van der Waals surface area contributed by atoms with E-state index in [1.165, 1.54) is 11.3 Å². The second-order valence-corrected chi connectivity index (χ2v) is 5.63. The summed E-state index contributed by atoms with van der Waals surface area (Å²) in [5.74, 6) is 0. The van der Waals surface area contributed by atoms with Crippen molar-refractivity contribution in [3.63, 3.8) is 0 Å². The van der Waals surface area contributed by atoms with E-state index in [-0.39, 0.29) is 6.04 Å². The van der Waals surface area contributed by atoms with Crippen LogP contribution in [0.2, 0.25) is 4.34 Å². The number of nitrogens with one attached hydrogen (secondary N) is 1. The van der Waals surface area contributed by atoms with Crippen LogP contribution in [-0.4, -0.2) is 17.0 Å². The first kappa shape index (κ1) is 11.0. The van der Waals surface area contributed by atoms with Gasteiger partial charge >= 0.3 is 0 Å². The summed E-state index contributed by atoms with van der Waals surface area (Å²) in [6.07, 6.45) is 1.67. The quantitative estimate of drug-likeness (QED) is 0.921. The predicted molar refractivity (Wildman–Crippen MR) is 64.9 cm³/mol. The van der Waals surface area contributed by atoms with Gasteiger partial charge in [-0.05, 0) is 14.0 Å². The summed E-state index contributed by atoms with van der Waals surface area (Å²) in [4.78, 5) is 8.71. The molecule has 80 valence electrons. The zero-order valence-corrected chi connectivity index (χ0v) is 10.7. The van der Waals surface area contributed by atoms with Gasteiger partial charge in [0, 0.05) is 11.1 Å². The molecule has 0 saturated carbocycles. The van der Waals surface area contributed by atoms with Gasteiger partial charge in [-0.2, -0.15) is 0 Å². The van der Waals surface area contributed by atoms with Crippen molar-refractivity contribution in [1.82, 2.24) is 15.3 Å². The molecular weight excluding hydrogens is 250 g/mol. The molecule has 2 heterocycles. The van der Waals surface area contributed by atoms with E-state index >= 15 is 0 Å². The second-order valence-electron chi connectivity index (χ2n) is 3.05. The third-order valence-corrected chi connectivity index (χ3v) is 4.12. The Balaban J connectivity index is 2.32. The Morgan fingerprint density at radius 1 is 1.47 bits per heavy atom. The molecule has 0 aliphatic rings. The summed E-state index contributed by atoms with van der Waals surface area (Å²) in [5.41, 5.74) is 1.04. The molecule has 15 heavy (non-hydrogen) atoms. The molecule has 0 fully saturated rings. The van der Waals surface area contributed by atoms with Crippen molar-refractivity contribution in [2.75, 3.05) is 7.05 Å². The fourth-order valence-corrected chi connectivity index (χ4v) is 3.28. The summed E-state index contributed by atoms with van der Waals surface area (Å²) in [6.45, 7) is 1.99. The lowest BCUT2D eigenvalue weighted by molar-refractivity contribution is 0.680. The molecule has 0 aliphatic heterocycles. The van der Waals surface area contributed by atoms with E-state index in [1.54, 1.807) is 17.5 Å². The van der Waals surface area contributed by atoms with Crippen LogP contribution in [0.15, 0.2) is 11.6 Å². The van der Waals surface area contributed by atoms with E-state index < -0.39 is 0 Å². The van der Waals surface area contributed by atoms with Crippen molar-refractivity contribution in [1.29, 1.82) is 0 Å². The van der Waals surface area contributed by atoms with Crippen LogP contribution < -0.4 is 5.32 Å². The lowest BCUT2D eigenvalue weighted by Crippen LogP contribution is -2.17. The van der Waals surface area contributed by atoms with Gasteiger partial charge in [0.1, 0.15) is 20.4 Å². The molecule has 2 aromatic heterocycles. The van der Waals surface area contributed by atoms with Crippen LogP contribution >= 0.6 is 34.3 Å². The second kappa shape index (κ2) is 4.57. The zero-order valence-electron chi connectivity index (χ0n) is 8.32. The SMILES string of the molecule is CNC(c1nc(C)cs1)c1ncc(Cl)s1. The zero-order chi connectivity index (χ0) is 10.8. The molecule has 3 nitrogen and oxygen atoms in total. The Hall–Kier alpha value is -0.490. The summed E-state index contributed by atoms with van der Waals surface area (Å²) in [6, 6.07) is 0.0567. The van der Waals surface area contributed by atoms with Crippen LogP contribution in [0.5, 0.6) is 0 Å². The van der Waals surface area contributed by atoms with Gasteiger partial charge in [0.2, 0.25) is 0 Å². The smallest absolute Gasteiger partial charge is 0.118 e. The van der Waals surface area contributed by atoms with E-state index in [4.69, 9.17) is 11.6 Å². The number of aromatic nitrogens is 2. The van der Waals surface area contributed by atoms with Crippen molar-refractivity contribution in [2.45, 2.75) is 13.0 Å². The average molecular weight is 260 g/mol. The van der Waals surface area contributed by atoms with E-state index in [1.807, 2.05) is 19.4 Å². The van der Waals surface area contributed by atoms with Gasteiger partial charge in [0.25, 0.3) is 0 Å². The number of nitrogens with zero attached hydrogens (tertiary/aromatic N) is 2. The number of rotatable bonds is 3. The number of thiazole rings is 2. The standard InChI is InChI=1S/C9H10ClN3S2/c1-5-4-14-9(13-5)7(11-2)8-12-3-6(10)15-8/h3-4,7,11H,1-2H3. The maximum absolute atomic E-state index is 5.87. The fourth-order valence-electron chi connectivity index (χ4n) is 1.26. The van der Waals surface area contributed by atoms with E-state index in [9.17, 15) is 0 Å². The molecular formula is C9H10ClN3S2. The van der Waals surface area contributed by atoms with Crippen LogP contribution in [0.4, 0.5) is 0 Å². The molecule has 0 bridgehead atoms. The summed E-state index contributed by atoms with van der Waals surface area (Å²) in [7, 11) is 1.90. The maximum Gasteiger partial charge on any atom is 0.118 e. The molecule has 1 atom stereocenters. The maximum atomic E-state index is 5.87. The highest BCUT2D eigenvalue weighted by molar-refractivity contribution is 7.16. The lowest BCUT2D eigenvalue weighted by atomic mass is 10.3. The Labute approximate surface area is 101 Å². The molecule has 0 amide bonds. The molecule has 1 N–H and O–H groups in total. The van der Waals surface area contributed by atoms with Gasteiger partial charge in [-0.25, -0.2) is 9.97 Å². The topological polar surface area (TPSA) is 37.8 Å².